The summed E-state index contributed by atoms with van der Waals surface area (Å²) in [4.78, 5) is 0. The minimum Gasteiger partial charge on any atom is -0.317 e. The van der Waals surface area contributed by atoms with Gasteiger partial charge in [-0.1, -0.05) is 41.7 Å². The number of hydrogen-bond acceptors (Lipinski definition) is 1. The third-order valence-corrected chi connectivity index (χ3v) is 4.08. The van der Waals surface area contributed by atoms with Crippen molar-refractivity contribution in [2.45, 2.75) is 32.1 Å². The summed E-state index contributed by atoms with van der Waals surface area (Å²) >= 11 is 17.6. The van der Waals surface area contributed by atoms with Crippen molar-refractivity contribution in [3.05, 3.63) is 32.8 Å². The number of halogens is 5. The van der Waals surface area contributed by atoms with Crippen LogP contribution < -0.4 is 5.32 Å². The molecule has 1 aromatic carbocycles. The van der Waals surface area contributed by atoms with Gasteiger partial charge < -0.3 is 5.32 Å². The molecular formula is C13H16Cl3F2N. The Morgan fingerprint density at radius 3 is 2.16 bits per heavy atom. The number of alkyl halides is 2. The predicted molar refractivity (Wildman–Crippen MR) is 78.0 cm³/mol. The van der Waals surface area contributed by atoms with Crippen molar-refractivity contribution in [3.63, 3.8) is 0 Å². The fourth-order valence-corrected chi connectivity index (χ4v) is 2.53. The summed E-state index contributed by atoms with van der Waals surface area (Å²) in [6, 6.07) is 2.92. The van der Waals surface area contributed by atoms with Gasteiger partial charge in [0.2, 0.25) is 0 Å². The van der Waals surface area contributed by atoms with Crippen LogP contribution in [0.2, 0.25) is 15.1 Å². The zero-order chi connectivity index (χ0) is 14.6. The Bertz CT molecular complexity index is 409. The lowest BCUT2D eigenvalue weighted by Gasteiger charge is -2.25. The van der Waals surface area contributed by atoms with E-state index >= 15 is 0 Å². The largest absolute Gasteiger partial charge is 0.317 e. The highest BCUT2D eigenvalue weighted by Crippen LogP contribution is 2.40. The highest BCUT2D eigenvalue weighted by atomic mass is 35.5. The van der Waals surface area contributed by atoms with Gasteiger partial charge in [-0.2, -0.15) is 0 Å². The van der Waals surface area contributed by atoms with E-state index in [0.717, 1.165) is 13.5 Å². The molecule has 19 heavy (non-hydrogen) atoms. The van der Waals surface area contributed by atoms with Gasteiger partial charge in [-0.3, -0.25) is 0 Å². The lowest BCUT2D eigenvalue weighted by Crippen LogP contribution is -2.27. The van der Waals surface area contributed by atoms with Gasteiger partial charge in [-0.15, -0.1) is 0 Å². The molecule has 0 aliphatic rings. The van der Waals surface area contributed by atoms with E-state index in [9.17, 15) is 8.78 Å². The molecule has 0 amide bonds. The fourth-order valence-electron chi connectivity index (χ4n) is 1.91. The average Bonchev–Trinajstić information content (AvgIpc) is 2.29. The van der Waals surface area contributed by atoms with E-state index in [1.165, 1.54) is 12.1 Å². The van der Waals surface area contributed by atoms with E-state index in [0.29, 0.717) is 18.5 Å². The van der Waals surface area contributed by atoms with E-state index in [2.05, 4.69) is 5.32 Å². The maximum atomic E-state index is 13.7. The smallest absolute Gasteiger partial charge is 0.252 e. The summed E-state index contributed by atoms with van der Waals surface area (Å²) in [7, 11) is 0. The highest BCUT2D eigenvalue weighted by Gasteiger charge is 2.35. The lowest BCUT2D eigenvalue weighted by molar-refractivity contribution is -0.0106. The van der Waals surface area contributed by atoms with Crippen LogP contribution in [0.5, 0.6) is 0 Å². The Hall–Kier alpha value is -0.0900. The third kappa shape index (κ3) is 4.75. The van der Waals surface area contributed by atoms with Crippen LogP contribution in [0.4, 0.5) is 8.78 Å². The van der Waals surface area contributed by atoms with Crippen LogP contribution in [0, 0.1) is 0 Å². The summed E-state index contributed by atoms with van der Waals surface area (Å²) in [6.07, 6.45) is 0.297. The molecule has 0 bridgehead atoms. The van der Waals surface area contributed by atoms with Crippen molar-refractivity contribution < 1.29 is 8.78 Å². The first-order valence-corrected chi connectivity index (χ1v) is 7.13. The van der Waals surface area contributed by atoms with Crippen molar-refractivity contribution in [2.75, 3.05) is 13.1 Å². The van der Waals surface area contributed by atoms with Crippen LogP contribution in [0.3, 0.4) is 0 Å². The Morgan fingerprint density at radius 2 is 1.74 bits per heavy atom. The molecule has 0 aliphatic carbocycles. The van der Waals surface area contributed by atoms with E-state index in [1.807, 2.05) is 6.92 Å². The molecule has 108 valence electrons. The average molecular weight is 331 g/mol. The normalized spacial score (nSPS) is 13.6. The molecule has 0 aromatic heterocycles. The second-order valence-electron chi connectivity index (χ2n) is 4.45. The zero-order valence-corrected chi connectivity index (χ0v) is 13.0. The van der Waals surface area contributed by atoms with Gasteiger partial charge in [-0.05, 0) is 44.1 Å². The van der Waals surface area contributed by atoms with Gasteiger partial charge in [-0.25, -0.2) is 8.78 Å². The van der Waals surface area contributed by atoms with Crippen LogP contribution in [0.25, 0.3) is 0 Å². The molecule has 6 heteroatoms. The molecule has 0 heterocycles. The Balaban J connectivity index is 3.04. The van der Waals surface area contributed by atoms with Crippen molar-refractivity contribution >= 4 is 34.8 Å². The molecule has 1 aromatic rings. The molecule has 1 unspecified atom stereocenters. The molecule has 0 radical (unpaired) electrons. The summed E-state index contributed by atoms with van der Waals surface area (Å²) in [5.74, 6) is -3.80. The summed E-state index contributed by atoms with van der Waals surface area (Å²) in [5.41, 5.74) is 0.407. The van der Waals surface area contributed by atoms with Crippen LogP contribution in [0.15, 0.2) is 12.1 Å². The van der Waals surface area contributed by atoms with Gasteiger partial charge >= 0.3 is 0 Å². The van der Waals surface area contributed by atoms with Gasteiger partial charge in [0, 0.05) is 5.92 Å². The van der Waals surface area contributed by atoms with E-state index in [4.69, 9.17) is 34.8 Å². The lowest BCUT2D eigenvalue weighted by atomic mass is 9.90. The van der Waals surface area contributed by atoms with Crippen LogP contribution in [0.1, 0.15) is 31.7 Å². The molecule has 1 nitrogen and oxygen atoms in total. The number of rotatable bonds is 6. The predicted octanol–water partition coefficient (Wildman–Crippen LogP) is 5.39. The first-order valence-electron chi connectivity index (χ1n) is 6.00. The maximum absolute atomic E-state index is 13.7. The zero-order valence-electron chi connectivity index (χ0n) is 10.7. The monoisotopic (exact) mass is 329 g/mol. The van der Waals surface area contributed by atoms with Gasteiger partial charge in [0.15, 0.2) is 0 Å². The van der Waals surface area contributed by atoms with E-state index in [-0.39, 0.29) is 15.1 Å². The molecule has 0 saturated carbocycles. The maximum Gasteiger partial charge on any atom is 0.252 e. The van der Waals surface area contributed by atoms with Gasteiger partial charge in [0.25, 0.3) is 5.92 Å². The molecule has 0 saturated heterocycles. The van der Waals surface area contributed by atoms with Gasteiger partial charge in [0.1, 0.15) is 0 Å². The Kier molecular flexibility index (Phi) is 6.31. The summed E-state index contributed by atoms with van der Waals surface area (Å²) < 4.78 is 27.4. The molecular weight excluding hydrogens is 315 g/mol. The van der Waals surface area contributed by atoms with Crippen LogP contribution in [-0.2, 0) is 0 Å². The first-order chi connectivity index (χ1) is 8.77. The third-order valence-electron chi connectivity index (χ3n) is 2.88. The standard InChI is InChI=1S/C13H16Cl3F2N/c1-3-19-5-4-9(13(2,17)18)8-6-10(14)12(16)11(15)7-8/h6-7,9,19H,3-5H2,1-2H3. The van der Waals surface area contributed by atoms with Crippen molar-refractivity contribution in [1.82, 2.24) is 5.32 Å². The number of nitrogens with one attached hydrogen (secondary N) is 1. The SMILES string of the molecule is CCNCCC(c1cc(Cl)c(Cl)c(Cl)c1)C(C)(F)F. The topological polar surface area (TPSA) is 12.0 Å². The molecule has 1 atom stereocenters. The molecule has 1 N–H and O–H groups in total. The molecule has 0 spiro atoms. The molecule has 1 rings (SSSR count). The Morgan fingerprint density at radius 1 is 1.21 bits per heavy atom. The highest BCUT2D eigenvalue weighted by molar-refractivity contribution is 6.48. The second kappa shape index (κ2) is 7.07. The second-order valence-corrected chi connectivity index (χ2v) is 5.64. The Labute approximate surface area is 127 Å². The van der Waals surface area contributed by atoms with Crippen molar-refractivity contribution in [1.29, 1.82) is 0 Å². The fraction of sp³-hybridized carbons (Fsp3) is 0.538. The van der Waals surface area contributed by atoms with Gasteiger partial charge in [0.05, 0.1) is 15.1 Å². The van der Waals surface area contributed by atoms with E-state index in [1.54, 1.807) is 0 Å². The van der Waals surface area contributed by atoms with E-state index < -0.39 is 11.8 Å². The number of hydrogen-bond donors (Lipinski definition) is 1. The molecule has 0 aliphatic heterocycles. The quantitative estimate of drug-likeness (QED) is 0.545. The summed E-state index contributed by atoms with van der Waals surface area (Å²) in [6.45, 7) is 4.07. The van der Waals surface area contributed by atoms with Crippen LogP contribution >= 0.6 is 34.8 Å². The van der Waals surface area contributed by atoms with Crippen LogP contribution in [-0.4, -0.2) is 19.0 Å². The molecule has 0 fully saturated rings. The van der Waals surface area contributed by atoms with Crippen molar-refractivity contribution in [2.24, 2.45) is 0 Å². The minimum absolute atomic E-state index is 0.192. The van der Waals surface area contributed by atoms with Crippen molar-refractivity contribution in [3.8, 4) is 0 Å². The summed E-state index contributed by atoms with van der Waals surface area (Å²) in [5, 5.41) is 3.62. The minimum atomic E-state index is -2.85. The number of benzene rings is 1. The first kappa shape index (κ1) is 17.0.